The number of pyridine rings is 2. The van der Waals surface area contributed by atoms with Gasteiger partial charge in [0.2, 0.25) is 0 Å². The van der Waals surface area contributed by atoms with Crippen LogP contribution >= 0.6 is 0 Å². The molecule has 6 aromatic carbocycles. The molecule has 0 aliphatic rings. The summed E-state index contributed by atoms with van der Waals surface area (Å²) in [5, 5.41) is 7.00. The third-order valence-electron chi connectivity index (χ3n) is 14.5. The monoisotopic (exact) mass is 1120 g/mol. The number of nitrogens with zero attached hydrogens (tertiary/aromatic N) is 4. The minimum Gasteiger partial charge on any atom is -0.333 e. The molecule has 5 heteroatoms. The quantitative estimate of drug-likeness (QED) is 0.0955. The van der Waals surface area contributed by atoms with Crippen LogP contribution < -0.4 is 0 Å². The fourth-order valence-corrected chi connectivity index (χ4v) is 11.6. The second-order valence-electron chi connectivity index (χ2n) is 24.0. The average Bonchev–Trinajstić information content (AvgIpc) is 3.88. The van der Waals surface area contributed by atoms with Crippen LogP contribution in [0.3, 0.4) is 0 Å². The third kappa shape index (κ3) is 9.18. The molecule has 0 N–H and O–H groups in total. The summed E-state index contributed by atoms with van der Waals surface area (Å²) in [5.41, 5.74) is 19.9. The van der Waals surface area contributed by atoms with Gasteiger partial charge in [0.05, 0.1) is 34.1 Å². The van der Waals surface area contributed by atoms with Crippen molar-refractivity contribution in [3.63, 3.8) is 0 Å². The molecular formula is C66H72N4Pt. The number of rotatable bonds is 11. The molecule has 4 heterocycles. The van der Waals surface area contributed by atoms with E-state index in [4.69, 9.17) is 9.97 Å². The molecule has 10 aromatic rings. The molecule has 0 unspecified atom stereocenters. The van der Waals surface area contributed by atoms with Crippen molar-refractivity contribution in [1.29, 1.82) is 0 Å². The second kappa shape index (κ2) is 19.1. The van der Waals surface area contributed by atoms with Crippen LogP contribution in [0.4, 0.5) is 0 Å². The Morgan fingerprint density at radius 1 is 0.451 bits per heavy atom. The summed E-state index contributed by atoms with van der Waals surface area (Å²) < 4.78 is 5.02. The Hall–Kier alpha value is -5.57. The van der Waals surface area contributed by atoms with E-state index in [0.29, 0.717) is 36.5 Å². The van der Waals surface area contributed by atoms with Crippen molar-refractivity contribution in [3.8, 4) is 22.5 Å². The van der Waals surface area contributed by atoms with E-state index in [1.807, 2.05) is 0 Å². The zero-order chi connectivity index (χ0) is 49.6. The smallest absolute Gasteiger partial charge is 0.333 e. The van der Waals surface area contributed by atoms with Crippen LogP contribution in [0.1, 0.15) is 165 Å². The number of benzene rings is 6. The molecule has 0 saturated carbocycles. The number of aromatic nitrogens is 4. The van der Waals surface area contributed by atoms with Gasteiger partial charge in [0.25, 0.3) is 0 Å². The summed E-state index contributed by atoms with van der Waals surface area (Å²) >= 11 is 0. The van der Waals surface area contributed by atoms with Gasteiger partial charge in [-0.05, 0) is 116 Å². The maximum Gasteiger partial charge on any atom is 2.00 e. The number of aryl methyl sites for hydroxylation is 2. The molecule has 0 fully saturated rings. The van der Waals surface area contributed by atoms with Gasteiger partial charge in [-0.1, -0.05) is 168 Å². The summed E-state index contributed by atoms with van der Waals surface area (Å²) in [5.74, 6) is 1.21. The molecule has 0 spiro atoms. The fourth-order valence-electron chi connectivity index (χ4n) is 11.6. The van der Waals surface area contributed by atoms with Crippen LogP contribution in [0.15, 0.2) is 109 Å². The van der Waals surface area contributed by atoms with Crippen molar-refractivity contribution >= 4 is 54.6 Å². The van der Waals surface area contributed by atoms with E-state index in [2.05, 4.69) is 227 Å². The Morgan fingerprint density at radius 3 is 1.13 bits per heavy atom. The van der Waals surface area contributed by atoms with E-state index in [1.165, 1.54) is 88.5 Å². The van der Waals surface area contributed by atoms with Crippen LogP contribution in [-0.2, 0) is 46.7 Å². The van der Waals surface area contributed by atoms with E-state index in [-0.39, 0.29) is 31.9 Å². The summed E-state index contributed by atoms with van der Waals surface area (Å²) in [7, 11) is 0. The van der Waals surface area contributed by atoms with Gasteiger partial charge in [-0.2, -0.15) is 0 Å². The average molecular weight is 1120 g/mol. The third-order valence-corrected chi connectivity index (χ3v) is 14.5. The SMILES string of the molecule is CC(C)c1cccc(C(C)C)c1-c1c(CCc2nc3c4[c-]cccc4c4cc(CC(C)(C)C)ccc4n3c2-c2c(C(C)C)cccc2C(C)C)nc2c3[c-]cccc3c3cc(CC(C)(C)C)ccc3n12.[Pt+2]. The van der Waals surface area contributed by atoms with E-state index >= 15 is 0 Å². The number of imidazole rings is 2. The van der Waals surface area contributed by atoms with Gasteiger partial charge in [-0.3, -0.25) is 9.97 Å². The Labute approximate surface area is 437 Å². The Bertz CT molecular complexity index is 3350. The predicted molar refractivity (Wildman–Crippen MR) is 299 cm³/mol. The largest absolute Gasteiger partial charge is 2.00 e. The van der Waals surface area contributed by atoms with Gasteiger partial charge >= 0.3 is 21.1 Å². The molecule has 366 valence electrons. The maximum absolute atomic E-state index is 5.84. The first kappa shape index (κ1) is 50.4. The minimum absolute atomic E-state index is 0. The molecule has 0 saturated heterocycles. The van der Waals surface area contributed by atoms with Gasteiger partial charge in [0.15, 0.2) is 0 Å². The van der Waals surface area contributed by atoms with Crippen molar-refractivity contribution in [1.82, 2.24) is 18.8 Å². The fraction of sp³-hybridized carbons (Fsp3) is 0.364. The van der Waals surface area contributed by atoms with Crippen LogP contribution in [0.2, 0.25) is 0 Å². The molecule has 4 aromatic heterocycles. The van der Waals surface area contributed by atoms with E-state index in [1.54, 1.807) is 0 Å². The van der Waals surface area contributed by atoms with Crippen molar-refractivity contribution in [3.05, 3.63) is 166 Å². The number of hydrogen-bond donors (Lipinski definition) is 0. The van der Waals surface area contributed by atoms with Crippen LogP contribution in [0, 0.1) is 23.0 Å². The van der Waals surface area contributed by atoms with Gasteiger partial charge in [-0.25, -0.2) is 0 Å². The van der Waals surface area contributed by atoms with Gasteiger partial charge in [0.1, 0.15) is 0 Å². The van der Waals surface area contributed by atoms with Gasteiger partial charge in [-0.15, -0.1) is 59.3 Å². The normalized spacial score (nSPS) is 12.7. The molecule has 71 heavy (non-hydrogen) atoms. The van der Waals surface area contributed by atoms with Gasteiger partial charge < -0.3 is 8.80 Å². The zero-order valence-corrected chi connectivity index (χ0v) is 46.9. The summed E-state index contributed by atoms with van der Waals surface area (Å²) in [4.78, 5) is 11.7. The molecule has 0 amide bonds. The summed E-state index contributed by atoms with van der Waals surface area (Å²) in [6.07, 6.45) is 3.39. The maximum atomic E-state index is 5.84. The van der Waals surface area contributed by atoms with Crippen LogP contribution in [-0.4, -0.2) is 18.8 Å². The Balaban J connectivity index is 0.00000624. The zero-order valence-electron chi connectivity index (χ0n) is 44.6. The van der Waals surface area contributed by atoms with Gasteiger partial charge in [0, 0.05) is 22.2 Å². The van der Waals surface area contributed by atoms with E-state index < -0.39 is 0 Å². The van der Waals surface area contributed by atoms with Crippen molar-refractivity contribution in [2.45, 2.75) is 146 Å². The van der Waals surface area contributed by atoms with Crippen molar-refractivity contribution in [2.75, 3.05) is 0 Å². The number of hydrogen-bond acceptors (Lipinski definition) is 2. The first-order valence-corrected chi connectivity index (χ1v) is 26.1. The van der Waals surface area contributed by atoms with Crippen molar-refractivity contribution < 1.29 is 21.1 Å². The Kier molecular flexibility index (Phi) is 13.6. The molecule has 0 radical (unpaired) electrons. The molecule has 0 aliphatic carbocycles. The molecule has 4 nitrogen and oxygen atoms in total. The standard InChI is InChI=1S/C66H72N4.Pt/c1-39(2)45-25-19-26-46(40(3)4)59(45)61-55(67-63-51-23-17-15-21-49(51)53-35-43(37-65(9,10)11)29-33-57(53)69(61)63)31-32-56-62(60-47(41(5)6)27-20-28-48(60)42(7)8)70-58-34-30-44(38-66(12,13)14)36-54(58)50-22-16-18-24-52(50)64(70)68-56;/h15-22,25-30,33-36,39-42H,31-32,37-38H2,1-14H3;/q-2;+2. The molecular weight excluding hydrogens is 1040 g/mol. The first-order chi connectivity index (χ1) is 33.3. The van der Waals surface area contributed by atoms with E-state index in [9.17, 15) is 0 Å². The van der Waals surface area contributed by atoms with E-state index in [0.717, 1.165) is 46.3 Å². The molecule has 0 bridgehead atoms. The molecule has 0 aliphatic heterocycles. The summed E-state index contributed by atoms with van der Waals surface area (Å²) in [6, 6.07) is 48.6. The second-order valence-corrected chi connectivity index (χ2v) is 24.0. The minimum atomic E-state index is 0. The first-order valence-electron chi connectivity index (χ1n) is 26.1. The topological polar surface area (TPSA) is 34.6 Å². The number of fused-ring (bicyclic) bond motifs is 12. The van der Waals surface area contributed by atoms with Crippen LogP contribution in [0.25, 0.3) is 77.2 Å². The molecule has 0 atom stereocenters. The van der Waals surface area contributed by atoms with Crippen LogP contribution in [0.5, 0.6) is 0 Å². The van der Waals surface area contributed by atoms with Crippen molar-refractivity contribution in [2.24, 2.45) is 10.8 Å². The Morgan fingerprint density at radius 2 is 0.803 bits per heavy atom. The predicted octanol–water partition coefficient (Wildman–Crippen LogP) is 18.0. The summed E-state index contributed by atoms with van der Waals surface area (Å²) in [6.45, 7) is 32.7. The molecule has 10 rings (SSSR count).